The number of carbonyl (C=O) groups is 2. The number of imide groups is 1. The van der Waals surface area contributed by atoms with Crippen molar-refractivity contribution in [2.75, 3.05) is 6.54 Å². The van der Waals surface area contributed by atoms with Gasteiger partial charge in [-0.05, 0) is 31.9 Å². The van der Waals surface area contributed by atoms with Crippen LogP contribution in [0.1, 0.15) is 27.7 Å². The number of hydrogen-bond acceptors (Lipinski definition) is 4. The number of carbonyl (C=O) groups excluding carboxylic acids is 2. The summed E-state index contributed by atoms with van der Waals surface area (Å²) in [5.74, 6) is 0.135. The Bertz CT molecular complexity index is 726. The Labute approximate surface area is 146 Å². The molecule has 0 aliphatic heterocycles. The fourth-order valence-corrected chi connectivity index (χ4v) is 3.25. The third-order valence-electron chi connectivity index (χ3n) is 3.39. The van der Waals surface area contributed by atoms with Crippen LogP contribution in [0.4, 0.5) is 4.79 Å². The predicted molar refractivity (Wildman–Crippen MR) is 97.1 cm³/mol. The van der Waals surface area contributed by atoms with Crippen molar-refractivity contribution in [3.8, 4) is 0 Å². The fourth-order valence-electron chi connectivity index (χ4n) is 2.31. The summed E-state index contributed by atoms with van der Waals surface area (Å²) in [5, 5.41) is 5.28. The molecule has 6 nitrogen and oxygen atoms in total. The molecule has 3 amide bonds. The Morgan fingerprint density at radius 2 is 1.96 bits per heavy atom. The van der Waals surface area contributed by atoms with Gasteiger partial charge in [-0.15, -0.1) is 0 Å². The Balaban J connectivity index is 2.19. The Morgan fingerprint density at radius 3 is 2.62 bits per heavy atom. The van der Waals surface area contributed by atoms with Gasteiger partial charge in [0.05, 0.1) is 16.3 Å². The van der Waals surface area contributed by atoms with Crippen molar-refractivity contribution in [3.05, 3.63) is 24.3 Å². The van der Waals surface area contributed by atoms with Gasteiger partial charge in [0.2, 0.25) is 5.91 Å². The van der Waals surface area contributed by atoms with Crippen LogP contribution in [0, 0.1) is 5.92 Å². The molecule has 2 rings (SSSR count). The van der Waals surface area contributed by atoms with Crippen LogP contribution >= 0.6 is 11.8 Å². The minimum Gasteiger partial charge on any atom is -0.338 e. The van der Waals surface area contributed by atoms with E-state index in [1.165, 1.54) is 11.8 Å². The van der Waals surface area contributed by atoms with Gasteiger partial charge in [0.25, 0.3) is 0 Å². The molecule has 2 N–H and O–H groups in total. The monoisotopic (exact) mass is 348 g/mol. The van der Waals surface area contributed by atoms with Crippen LogP contribution in [0.5, 0.6) is 0 Å². The van der Waals surface area contributed by atoms with Crippen molar-refractivity contribution in [1.29, 1.82) is 0 Å². The maximum atomic E-state index is 12.2. The number of nitrogens with zero attached hydrogens (tertiary/aromatic N) is 2. The Morgan fingerprint density at radius 1 is 1.25 bits per heavy atom. The zero-order chi connectivity index (χ0) is 17.7. The van der Waals surface area contributed by atoms with E-state index in [0.29, 0.717) is 12.5 Å². The lowest BCUT2D eigenvalue weighted by molar-refractivity contribution is -0.119. The van der Waals surface area contributed by atoms with Gasteiger partial charge in [0.1, 0.15) is 0 Å². The molecule has 1 aromatic carbocycles. The Hall–Kier alpha value is -2.02. The maximum Gasteiger partial charge on any atom is 0.321 e. The summed E-state index contributed by atoms with van der Waals surface area (Å²) in [6.07, 6.45) is 0. The van der Waals surface area contributed by atoms with Gasteiger partial charge in [-0.3, -0.25) is 10.1 Å². The van der Waals surface area contributed by atoms with Gasteiger partial charge < -0.3 is 9.88 Å². The van der Waals surface area contributed by atoms with Crippen molar-refractivity contribution >= 4 is 34.7 Å². The van der Waals surface area contributed by atoms with Gasteiger partial charge in [0, 0.05) is 13.1 Å². The van der Waals surface area contributed by atoms with Crippen molar-refractivity contribution in [3.63, 3.8) is 0 Å². The quantitative estimate of drug-likeness (QED) is 0.787. The van der Waals surface area contributed by atoms with E-state index in [0.717, 1.165) is 22.7 Å². The number of fused-ring (bicyclic) bond motifs is 1. The molecule has 7 heteroatoms. The second-order valence-corrected chi connectivity index (χ2v) is 7.30. The van der Waals surface area contributed by atoms with Crippen molar-refractivity contribution in [2.45, 2.75) is 44.6 Å². The number of urea groups is 1. The molecular weight excluding hydrogens is 324 g/mol. The minimum atomic E-state index is -0.467. The van der Waals surface area contributed by atoms with Crippen LogP contribution in [0.2, 0.25) is 0 Å². The molecule has 0 saturated heterocycles. The van der Waals surface area contributed by atoms with Crippen molar-refractivity contribution in [1.82, 2.24) is 20.2 Å². The van der Waals surface area contributed by atoms with Gasteiger partial charge in [0.15, 0.2) is 5.16 Å². The molecule has 1 aromatic heterocycles. The van der Waals surface area contributed by atoms with Crippen LogP contribution in [-0.2, 0) is 11.3 Å². The number of rotatable bonds is 6. The minimum absolute atomic E-state index is 0.325. The average molecular weight is 348 g/mol. The number of benzene rings is 1. The summed E-state index contributed by atoms with van der Waals surface area (Å²) in [5.41, 5.74) is 1.97. The fraction of sp³-hybridized carbons (Fsp3) is 0.471. The first-order valence-electron chi connectivity index (χ1n) is 8.13. The zero-order valence-electron chi connectivity index (χ0n) is 14.5. The zero-order valence-corrected chi connectivity index (χ0v) is 15.3. The number of imidazole rings is 1. The van der Waals surface area contributed by atoms with Crippen molar-refractivity contribution in [2.24, 2.45) is 5.92 Å². The first-order valence-corrected chi connectivity index (χ1v) is 9.01. The first kappa shape index (κ1) is 18.3. The molecule has 0 radical (unpaired) electrons. The van der Waals surface area contributed by atoms with E-state index in [1.54, 1.807) is 13.8 Å². The van der Waals surface area contributed by atoms with E-state index in [1.807, 2.05) is 24.3 Å². The Kier molecular flexibility index (Phi) is 6.25. The maximum absolute atomic E-state index is 12.2. The molecule has 1 atom stereocenters. The molecule has 0 aliphatic carbocycles. The molecule has 0 fully saturated rings. The molecule has 0 spiro atoms. The molecule has 130 valence electrons. The van der Waals surface area contributed by atoms with E-state index in [9.17, 15) is 9.59 Å². The van der Waals surface area contributed by atoms with Gasteiger partial charge in [-0.25, -0.2) is 9.78 Å². The highest BCUT2D eigenvalue weighted by Gasteiger charge is 2.21. The lowest BCUT2D eigenvalue weighted by atomic mass is 10.2. The van der Waals surface area contributed by atoms with Crippen molar-refractivity contribution < 1.29 is 9.59 Å². The van der Waals surface area contributed by atoms with Crippen LogP contribution < -0.4 is 10.6 Å². The molecule has 0 aliphatic rings. The lowest BCUT2D eigenvalue weighted by Gasteiger charge is -2.14. The second-order valence-electron chi connectivity index (χ2n) is 6.00. The SMILES string of the molecule is CCNC(=O)NC(=O)[C@@H](C)Sc1nc2ccccc2n1CC(C)C. The average Bonchev–Trinajstić information content (AvgIpc) is 2.84. The summed E-state index contributed by atoms with van der Waals surface area (Å²) in [4.78, 5) is 28.3. The van der Waals surface area contributed by atoms with Gasteiger partial charge in [-0.2, -0.15) is 0 Å². The molecule has 24 heavy (non-hydrogen) atoms. The first-order chi connectivity index (χ1) is 11.4. The van der Waals surface area contributed by atoms with E-state index < -0.39 is 11.3 Å². The number of para-hydroxylation sites is 2. The molecule has 0 saturated carbocycles. The standard InChI is InChI=1S/C17H24N4O2S/c1-5-18-16(23)20-15(22)12(4)24-17-19-13-8-6-7-9-14(13)21(17)10-11(2)3/h6-9,11-12H,5,10H2,1-4H3,(H2,18,20,22,23)/t12-/m1/s1. The number of amides is 3. The summed E-state index contributed by atoms with van der Waals surface area (Å²) >= 11 is 1.37. The van der Waals surface area contributed by atoms with E-state index >= 15 is 0 Å². The topological polar surface area (TPSA) is 76.0 Å². The van der Waals surface area contributed by atoms with Gasteiger partial charge >= 0.3 is 6.03 Å². The second kappa shape index (κ2) is 8.19. The number of aromatic nitrogens is 2. The lowest BCUT2D eigenvalue weighted by Crippen LogP contribution is -2.42. The molecule has 1 heterocycles. The highest BCUT2D eigenvalue weighted by molar-refractivity contribution is 8.00. The smallest absolute Gasteiger partial charge is 0.321 e. The highest BCUT2D eigenvalue weighted by Crippen LogP contribution is 2.28. The normalized spacial score (nSPS) is 12.4. The number of hydrogen-bond donors (Lipinski definition) is 2. The largest absolute Gasteiger partial charge is 0.338 e. The summed E-state index contributed by atoms with van der Waals surface area (Å²) in [6.45, 7) is 9.18. The number of nitrogens with one attached hydrogen (secondary N) is 2. The third-order valence-corrected chi connectivity index (χ3v) is 4.48. The van der Waals surface area contributed by atoms with Crippen LogP contribution in [-0.4, -0.2) is 33.3 Å². The molecule has 0 unspecified atom stereocenters. The van der Waals surface area contributed by atoms with E-state index in [-0.39, 0.29) is 5.91 Å². The predicted octanol–water partition coefficient (Wildman–Crippen LogP) is 3.02. The molecular formula is C17H24N4O2S. The third kappa shape index (κ3) is 4.50. The summed E-state index contributed by atoms with van der Waals surface area (Å²) < 4.78 is 2.14. The highest BCUT2D eigenvalue weighted by atomic mass is 32.2. The van der Waals surface area contributed by atoms with Crippen LogP contribution in [0.15, 0.2) is 29.4 Å². The number of thioether (sulfide) groups is 1. The van der Waals surface area contributed by atoms with Crippen LogP contribution in [0.3, 0.4) is 0 Å². The van der Waals surface area contributed by atoms with E-state index in [2.05, 4.69) is 34.0 Å². The summed E-state index contributed by atoms with van der Waals surface area (Å²) in [7, 11) is 0. The van der Waals surface area contributed by atoms with E-state index in [4.69, 9.17) is 0 Å². The van der Waals surface area contributed by atoms with Gasteiger partial charge in [-0.1, -0.05) is 37.7 Å². The molecule has 0 bridgehead atoms. The summed E-state index contributed by atoms with van der Waals surface area (Å²) in [6, 6.07) is 7.48. The molecule has 2 aromatic rings. The van der Waals surface area contributed by atoms with Crippen LogP contribution in [0.25, 0.3) is 11.0 Å².